The van der Waals surface area contributed by atoms with E-state index < -0.39 is 0 Å². The summed E-state index contributed by atoms with van der Waals surface area (Å²) in [6, 6.07) is 14.7. The van der Waals surface area contributed by atoms with Crippen molar-refractivity contribution < 1.29 is 6.11 Å². The molecule has 4 atom stereocenters. The Morgan fingerprint density at radius 1 is 1.17 bits per heavy atom. The minimum atomic E-state index is -0.0124. The molecule has 2 N–H and O–H groups in total. The van der Waals surface area contributed by atoms with Gasteiger partial charge in [0.2, 0.25) is 0 Å². The maximum absolute atomic E-state index is 9.56. The molecular weight excluding hydrogens is 438 g/mol. The Kier molecular flexibility index (Phi) is 5.27. The van der Waals surface area contributed by atoms with Gasteiger partial charge in [-0.1, -0.05) is 6.07 Å². The summed E-state index contributed by atoms with van der Waals surface area (Å²) >= 11 is 0. The van der Waals surface area contributed by atoms with Crippen LogP contribution in [0.5, 0.6) is 0 Å². The van der Waals surface area contributed by atoms with Crippen LogP contribution in [-0.4, -0.2) is 66.3 Å². The Labute approximate surface area is 207 Å². The number of rotatable bonds is 3. The molecule has 0 saturated carbocycles. The zero-order chi connectivity index (χ0) is 25.0. The van der Waals surface area contributed by atoms with Gasteiger partial charge in [-0.05, 0) is 49.2 Å². The van der Waals surface area contributed by atoms with E-state index in [9.17, 15) is 5.26 Å². The molecule has 5 heterocycles. The van der Waals surface area contributed by atoms with E-state index in [0.29, 0.717) is 17.1 Å². The number of piperidine rings is 1. The van der Waals surface area contributed by atoms with Crippen LogP contribution < -0.4 is 15.5 Å². The summed E-state index contributed by atoms with van der Waals surface area (Å²) in [5.41, 5.74) is 11.0. The van der Waals surface area contributed by atoms with Crippen LogP contribution in [-0.2, 0) is 11.3 Å². The highest BCUT2D eigenvalue weighted by Gasteiger charge is 2.40. The Morgan fingerprint density at radius 2 is 2.06 bits per heavy atom. The second-order valence-electron chi connectivity index (χ2n) is 9.90. The zero-order valence-corrected chi connectivity index (χ0v) is 20.2. The van der Waals surface area contributed by atoms with E-state index in [1.54, 1.807) is 13.2 Å². The monoisotopic (exact) mass is 470 g/mol. The van der Waals surface area contributed by atoms with E-state index in [2.05, 4.69) is 44.8 Å². The number of hydrogen-bond donors (Lipinski definition) is 1. The van der Waals surface area contributed by atoms with Gasteiger partial charge in [0, 0.05) is 69.2 Å². The molecule has 0 spiro atoms. The Balaban J connectivity index is 1.29. The van der Waals surface area contributed by atoms with Gasteiger partial charge in [0.15, 0.2) is 0 Å². The van der Waals surface area contributed by atoms with Crippen molar-refractivity contribution in [3.05, 3.63) is 59.4 Å². The van der Waals surface area contributed by atoms with Gasteiger partial charge >= 0.3 is 0 Å². The summed E-state index contributed by atoms with van der Waals surface area (Å²) in [6.45, 7) is 6.48. The first kappa shape index (κ1) is 21.1. The maximum atomic E-state index is 9.56. The van der Waals surface area contributed by atoms with Gasteiger partial charge < -0.3 is 20.3 Å². The van der Waals surface area contributed by atoms with Crippen molar-refractivity contribution in [2.45, 2.75) is 44.1 Å². The number of fused-ring (bicyclic) bond motifs is 4. The van der Waals surface area contributed by atoms with E-state index >= 15 is 0 Å². The molecule has 3 aromatic rings. The average molecular weight is 471 g/mol. The molecule has 1 aromatic carbocycles. The van der Waals surface area contributed by atoms with Crippen LogP contribution in [0.2, 0.25) is 0 Å². The Morgan fingerprint density at radius 3 is 2.86 bits per heavy atom. The zero-order valence-electron chi connectivity index (χ0n) is 21.2. The van der Waals surface area contributed by atoms with Crippen LogP contribution in [0, 0.1) is 11.3 Å². The van der Waals surface area contributed by atoms with Crippen LogP contribution in [0.15, 0.2) is 42.6 Å². The Bertz CT molecular complexity index is 1360. The normalized spacial score (nSPS) is 26.9. The number of piperazine rings is 1. The number of hydrogen-bond acceptors (Lipinski definition) is 8. The minimum Gasteiger partial charge on any atom is -0.380 e. The van der Waals surface area contributed by atoms with Crippen molar-refractivity contribution in [2.24, 2.45) is 5.73 Å². The second-order valence-corrected chi connectivity index (χ2v) is 9.90. The minimum absolute atomic E-state index is 0.0124. The molecule has 0 bridgehead atoms. The highest BCUT2D eigenvalue weighted by atomic mass is 16.5. The number of nitrogens with two attached hydrogens (primary N) is 1. The summed E-state index contributed by atoms with van der Waals surface area (Å²) in [5, 5.41) is 10.5. The van der Waals surface area contributed by atoms with Crippen molar-refractivity contribution >= 4 is 22.4 Å². The quantitative estimate of drug-likeness (QED) is 0.625. The summed E-state index contributed by atoms with van der Waals surface area (Å²) in [7, 11) is 1.73. The Hall–Kier alpha value is -3.25. The summed E-state index contributed by atoms with van der Waals surface area (Å²) in [5.74, 6) is 0.999. The SMILES string of the molecule is [2H]c1ccc2c(N3C[C@@H](C)N4Cc5nc(N6CC[C@@H](OC)[C@H](N)C6)ccc5[C@H]4C3)ccc(C#N)c2n1. The fourth-order valence-corrected chi connectivity index (χ4v) is 6.07. The molecule has 35 heavy (non-hydrogen) atoms. The largest absolute Gasteiger partial charge is 0.380 e. The molecule has 0 radical (unpaired) electrons. The molecule has 2 fully saturated rings. The first-order valence-corrected chi connectivity index (χ1v) is 12.3. The van der Waals surface area contributed by atoms with Gasteiger partial charge in [-0.15, -0.1) is 0 Å². The molecule has 0 amide bonds. The van der Waals surface area contributed by atoms with E-state index in [-0.39, 0.29) is 24.4 Å². The van der Waals surface area contributed by atoms with Gasteiger partial charge in [0.1, 0.15) is 11.9 Å². The number of benzene rings is 1. The van der Waals surface area contributed by atoms with Crippen molar-refractivity contribution in [3.63, 3.8) is 0 Å². The first-order valence-electron chi connectivity index (χ1n) is 12.8. The lowest BCUT2D eigenvalue weighted by Gasteiger charge is -2.43. The van der Waals surface area contributed by atoms with Crippen LogP contribution in [0.4, 0.5) is 11.5 Å². The molecular formula is C27H31N7O. The smallest absolute Gasteiger partial charge is 0.128 e. The van der Waals surface area contributed by atoms with Gasteiger partial charge in [-0.25, -0.2) is 4.98 Å². The molecule has 0 aliphatic carbocycles. The van der Waals surface area contributed by atoms with Crippen LogP contribution >= 0.6 is 0 Å². The van der Waals surface area contributed by atoms with Crippen LogP contribution in [0.1, 0.15) is 37.6 Å². The van der Waals surface area contributed by atoms with Crippen molar-refractivity contribution in [1.82, 2.24) is 14.9 Å². The topological polar surface area (TPSA) is 94.5 Å². The summed E-state index contributed by atoms with van der Waals surface area (Å²) in [6.07, 6.45) is 1.19. The van der Waals surface area contributed by atoms with Crippen LogP contribution in [0.3, 0.4) is 0 Å². The third-order valence-corrected chi connectivity index (χ3v) is 7.91. The molecule has 2 saturated heterocycles. The molecule has 0 unspecified atom stereocenters. The number of ether oxygens (including phenoxy) is 1. The van der Waals surface area contributed by atoms with E-state index in [1.807, 2.05) is 18.2 Å². The van der Waals surface area contributed by atoms with Crippen LogP contribution in [0.25, 0.3) is 10.9 Å². The summed E-state index contributed by atoms with van der Waals surface area (Å²) in [4.78, 5) is 16.7. The first-order chi connectivity index (χ1) is 17.5. The maximum Gasteiger partial charge on any atom is 0.128 e. The fraction of sp³-hybridized carbons (Fsp3) is 0.444. The average Bonchev–Trinajstić information content (AvgIpc) is 3.26. The number of nitrogens with zero attached hydrogens (tertiary/aromatic N) is 6. The lowest BCUT2D eigenvalue weighted by atomic mass is 10.0. The lowest BCUT2D eigenvalue weighted by Crippen LogP contribution is -2.52. The van der Waals surface area contributed by atoms with Gasteiger partial charge in [-0.3, -0.25) is 9.88 Å². The molecule has 3 aliphatic rings. The predicted molar refractivity (Wildman–Crippen MR) is 136 cm³/mol. The van der Waals surface area contributed by atoms with Crippen molar-refractivity contribution in [2.75, 3.05) is 43.1 Å². The lowest BCUT2D eigenvalue weighted by molar-refractivity contribution is 0.0663. The van der Waals surface area contributed by atoms with Crippen molar-refractivity contribution in [3.8, 4) is 6.07 Å². The third-order valence-electron chi connectivity index (χ3n) is 7.91. The van der Waals surface area contributed by atoms with E-state index in [4.69, 9.17) is 16.8 Å². The number of aromatic nitrogens is 2. The molecule has 8 nitrogen and oxygen atoms in total. The van der Waals surface area contributed by atoms with E-state index in [0.717, 1.165) is 61.7 Å². The number of pyridine rings is 2. The van der Waals surface area contributed by atoms with Crippen molar-refractivity contribution in [1.29, 1.82) is 5.26 Å². The fourth-order valence-electron chi connectivity index (χ4n) is 6.07. The third kappa shape index (κ3) is 3.71. The van der Waals surface area contributed by atoms with Gasteiger partial charge in [0.05, 0.1) is 30.3 Å². The predicted octanol–water partition coefficient (Wildman–Crippen LogP) is 2.82. The molecule has 2 aromatic heterocycles. The summed E-state index contributed by atoms with van der Waals surface area (Å²) < 4.78 is 13.4. The van der Waals surface area contributed by atoms with Gasteiger partial charge in [-0.2, -0.15) is 5.26 Å². The molecule has 8 heteroatoms. The second kappa shape index (κ2) is 8.76. The van der Waals surface area contributed by atoms with E-state index in [1.165, 1.54) is 5.56 Å². The molecule has 6 rings (SSSR count). The number of methoxy groups -OCH3 is 1. The number of nitriles is 1. The van der Waals surface area contributed by atoms with Gasteiger partial charge in [0.25, 0.3) is 0 Å². The molecule has 3 aliphatic heterocycles. The molecule has 180 valence electrons. The standard InChI is InChI=1S/C27H31N7O/c1-17-13-33(23-7-5-18(12-28)27-20(23)4-3-10-30-27)16-24-19-6-8-26(31-22(19)15-34(17)24)32-11-9-25(35-2)21(29)14-32/h3-8,10,17,21,24-25H,9,11,13-16,29H2,1-2H3/t17-,21-,24-,25-/m1/s1/i10D. The number of anilines is 2. The highest BCUT2D eigenvalue weighted by Crippen LogP contribution is 2.41. The highest BCUT2D eigenvalue weighted by molar-refractivity contribution is 5.95.